The van der Waals surface area contributed by atoms with Gasteiger partial charge in [-0.05, 0) is 30.5 Å². The molecular formula is C14H20N2. The van der Waals surface area contributed by atoms with E-state index in [1.165, 1.54) is 5.56 Å². The predicted octanol–water partition coefficient (Wildman–Crippen LogP) is 2.67. The first-order valence-electron chi connectivity index (χ1n) is 6.02. The standard InChI is InChI=1S/C14H20N2/c1-12(2)16-11-14(7-3-4-8-14)13-5-9-15-10-6-13/h3-6,9-10,12,16H,7-8,11H2,1-2H3. The Morgan fingerprint density at radius 3 is 2.44 bits per heavy atom. The van der Waals surface area contributed by atoms with Gasteiger partial charge in [0.1, 0.15) is 0 Å². The molecule has 86 valence electrons. The molecule has 1 aliphatic carbocycles. The molecule has 1 aliphatic rings. The number of rotatable bonds is 4. The van der Waals surface area contributed by atoms with E-state index in [9.17, 15) is 0 Å². The van der Waals surface area contributed by atoms with Crippen LogP contribution in [0.5, 0.6) is 0 Å². The Bertz CT molecular complexity index is 346. The topological polar surface area (TPSA) is 24.9 Å². The monoisotopic (exact) mass is 216 g/mol. The zero-order valence-electron chi connectivity index (χ0n) is 10.1. The molecule has 0 radical (unpaired) electrons. The maximum absolute atomic E-state index is 4.10. The summed E-state index contributed by atoms with van der Waals surface area (Å²) in [4.78, 5) is 4.10. The normalized spacial score (nSPS) is 18.2. The lowest BCUT2D eigenvalue weighted by Crippen LogP contribution is -2.39. The third-order valence-electron chi connectivity index (χ3n) is 3.33. The molecule has 0 unspecified atom stereocenters. The number of nitrogens with one attached hydrogen (secondary N) is 1. The van der Waals surface area contributed by atoms with Gasteiger partial charge in [0, 0.05) is 30.4 Å². The summed E-state index contributed by atoms with van der Waals surface area (Å²) in [6.45, 7) is 5.44. The van der Waals surface area contributed by atoms with Crippen LogP contribution in [0, 0.1) is 0 Å². The second-order valence-corrected chi connectivity index (χ2v) is 4.93. The molecule has 1 heterocycles. The highest BCUT2D eigenvalue weighted by atomic mass is 14.9. The molecule has 1 aromatic heterocycles. The minimum absolute atomic E-state index is 0.257. The SMILES string of the molecule is CC(C)NCC1(c2ccncc2)CC=CC1. The van der Waals surface area contributed by atoms with Crippen molar-refractivity contribution in [3.63, 3.8) is 0 Å². The molecule has 2 rings (SSSR count). The minimum Gasteiger partial charge on any atom is -0.314 e. The van der Waals surface area contributed by atoms with E-state index in [0.29, 0.717) is 6.04 Å². The van der Waals surface area contributed by atoms with E-state index in [-0.39, 0.29) is 5.41 Å². The van der Waals surface area contributed by atoms with Gasteiger partial charge in [-0.25, -0.2) is 0 Å². The van der Waals surface area contributed by atoms with E-state index in [2.05, 4.69) is 48.4 Å². The van der Waals surface area contributed by atoms with Gasteiger partial charge >= 0.3 is 0 Å². The predicted molar refractivity (Wildman–Crippen MR) is 67.4 cm³/mol. The lowest BCUT2D eigenvalue weighted by atomic mass is 9.78. The quantitative estimate of drug-likeness (QED) is 0.783. The minimum atomic E-state index is 0.257. The Labute approximate surface area is 97.8 Å². The maximum Gasteiger partial charge on any atom is 0.0270 e. The van der Waals surface area contributed by atoms with Crippen LogP contribution in [0.4, 0.5) is 0 Å². The van der Waals surface area contributed by atoms with Crippen LogP contribution >= 0.6 is 0 Å². The third kappa shape index (κ3) is 2.33. The largest absolute Gasteiger partial charge is 0.314 e. The van der Waals surface area contributed by atoms with Crippen LogP contribution in [0.25, 0.3) is 0 Å². The Morgan fingerprint density at radius 2 is 1.88 bits per heavy atom. The summed E-state index contributed by atoms with van der Waals surface area (Å²) < 4.78 is 0. The molecule has 0 aliphatic heterocycles. The number of nitrogens with zero attached hydrogens (tertiary/aromatic N) is 1. The summed E-state index contributed by atoms with van der Waals surface area (Å²) in [7, 11) is 0. The fraction of sp³-hybridized carbons (Fsp3) is 0.500. The van der Waals surface area contributed by atoms with Gasteiger partial charge in [0.05, 0.1) is 0 Å². The molecule has 0 aromatic carbocycles. The average Bonchev–Trinajstić information content (AvgIpc) is 2.78. The molecular weight excluding hydrogens is 196 g/mol. The van der Waals surface area contributed by atoms with Crippen molar-refractivity contribution in [3.05, 3.63) is 42.2 Å². The highest BCUT2D eigenvalue weighted by Crippen LogP contribution is 2.36. The lowest BCUT2D eigenvalue weighted by molar-refractivity contribution is 0.398. The average molecular weight is 216 g/mol. The number of hydrogen-bond donors (Lipinski definition) is 1. The second kappa shape index (κ2) is 4.79. The fourth-order valence-corrected chi connectivity index (χ4v) is 2.29. The van der Waals surface area contributed by atoms with E-state index >= 15 is 0 Å². The molecule has 0 atom stereocenters. The second-order valence-electron chi connectivity index (χ2n) is 4.93. The van der Waals surface area contributed by atoms with Crippen molar-refractivity contribution in [1.29, 1.82) is 0 Å². The van der Waals surface area contributed by atoms with Gasteiger partial charge in [0.2, 0.25) is 0 Å². The summed E-state index contributed by atoms with van der Waals surface area (Å²) in [5, 5.41) is 3.57. The number of allylic oxidation sites excluding steroid dienone is 2. The van der Waals surface area contributed by atoms with E-state index in [1.54, 1.807) is 0 Å². The molecule has 1 aromatic rings. The summed E-state index contributed by atoms with van der Waals surface area (Å²) in [5.74, 6) is 0. The number of hydrogen-bond acceptors (Lipinski definition) is 2. The summed E-state index contributed by atoms with van der Waals surface area (Å²) in [6, 6.07) is 4.84. The molecule has 0 bridgehead atoms. The molecule has 16 heavy (non-hydrogen) atoms. The van der Waals surface area contributed by atoms with Crippen LogP contribution in [0.3, 0.4) is 0 Å². The number of aromatic nitrogens is 1. The van der Waals surface area contributed by atoms with Gasteiger partial charge in [-0.3, -0.25) is 4.98 Å². The van der Waals surface area contributed by atoms with Crippen molar-refractivity contribution in [2.45, 2.75) is 38.1 Å². The molecule has 0 spiro atoms. The van der Waals surface area contributed by atoms with E-state index in [4.69, 9.17) is 0 Å². The Kier molecular flexibility index (Phi) is 3.39. The summed E-state index contributed by atoms with van der Waals surface area (Å²) in [6.07, 6.45) is 10.6. The molecule has 2 nitrogen and oxygen atoms in total. The molecule has 2 heteroatoms. The van der Waals surface area contributed by atoms with Gasteiger partial charge in [0.15, 0.2) is 0 Å². The first kappa shape index (κ1) is 11.3. The van der Waals surface area contributed by atoms with Crippen LogP contribution in [-0.4, -0.2) is 17.6 Å². The van der Waals surface area contributed by atoms with Gasteiger partial charge in [0.25, 0.3) is 0 Å². The Hall–Kier alpha value is -1.15. The Morgan fingerprint density at radius 1 is 1.25 bits per heavy atom. The van der Waals surface area contributed by atoms with E-state index in [1.807, 2.05) is 12.4 Å². The smallest absolute Gasteiger partial charge is 0.0270 e. The van der Waals surface area contributed by atoms with Crippen molar-refractivity contribution in [1.82, 2.24) is 10.3 Å². The summed E-state index contributed by atoms with van der Waals surface area (Å²) in [5.41, 5.74) is 1.66. The van der Waals surface area contributed by atoms with Crippen LogP contribution < -0.4 is 5.32 Å². The first-order valence-corrected chi connectivity index (χ1v) is 6.02. The summed E-state index contributed by atoms with van der Waals surface area (Å²) >= 11 is 0. The highest BCUT2D eigenvalue weighted by molar-refractivity contribution is 5.29. The van der Waals surface area contributed by atoms with Crippen molar-refractivity contribution >= 4 is 0 Å². The Balaban J connectivity index is 2.16. The highest BCUT2D eigenvalue weighted by Gasteiger charge is 2.32. The fourth-order valence-electron chi connectivity index (χ4n) is 2.29. The van der Waals surface area contributed by atoms with Crippen LogP contribution in [0.1, 0.15) is 32.3 Å². The number of pyridine rings is 1. The third-order valence-corrected chi connectivity index (χ3v) is 3.33. The van der Waals surface area contributed by atoms with Crippen LogP contribution in [0.15, 0.2) is 36.7 Å². The zero-order valence-corrected chi connectivity index (χ0v) is 10.1. The molecule has 0 saturated carbocycles. The van der Waals surface area contributed by atoms with E-state index < -0.39 is 0 Å². The molecule has 1 N–H and O–H groups in total. The van der Waals surface area contributed by atoms with Gasteiger partial charge in [-0.2, -0.15) is 0 Å². The van der Waals surface area contributed by atoms with Crippen LogP contribution in [-0.2, 0) is 5.41 Å². The molecule has 0 amide bonds. The van der Waals surface area contributed by atoms with Gasteiger partial charge < -0.3 is 5.32 Å². The van der Waals surface area contributed by atoms with E-state index in [0.717, 1.165) is 19.4 Å². The van der Waals surface area contributed by atoms with Crippen molar-refractivity contribution in [2.75, 3.05) is 6.54 Å². The van der Waals surface area contributed by atoms with Crippen molar-refractivity contribution in [3.8, 4) is 0 Å². The first-order chi connectivity index (χ1) is 7.73. The zero-order chi connectivity index (χ0) is 11.4. The maximum atomic E-state index is 4.10. The van der Waals surface area contributed by atoms with Crippen molar-refractivity contribution < 1.29 is 0 Å². The molecule has 0 saturated heterocycles. The van der Waals surface area contributed by atoms with Gasteiger partial charge in [-0.1, -0.05) is 26.0 Å². The molecule has 0 fully saturated rings. The van der Waals surface area contributed by atoms with Gasteiger partial charge in [-0.15, -0.1) is 0 Å². The van der Waals surface area contributed by atoms with Crippen molar-refractivity contribution in [2.24, 2.45) is 0 Å². The van der Waals surface area contributed by atoms with Crippen LogP contribution in [0.2, 0.25) is 0 Å². The lowest BCUT2D eigenvalue weighted by Gasteiger charge is -2.31.